The van der Waals surface area contributed by atoms with Gasteiger partial charge in [0, 0.05) is 31.7 Å². The lowest BCUT2D eigenvalue weighted by Gasteiger charge is -2.34. The lowest BCUT2D eigenvalue weighted by molar-refractivity contribution is -0.144. The molecule has 180 valence electrons. The number of β-amino-alcohol motifs (C(OH)–C–C–N with tert-alkyl or cyclic N) is 1. The van der Waals surface area contributed by atoms with Gasteiger partial charge in [-0.15, -0.1) is 5.10 Å². The fourth-order valence-electron chi connectivity index (χ4n) is 4.59. The Labute approximate surface area is 195 Å². The molecule has 2 N–H and O–H groups in total. The Morgan fingerprint density at radius 3 is 2.76 bits per heavy atom. The van der Waals surface area contributed by atoms with E-state index in [4.69, 9.17) is 4.74 Å². The maximum absolute atomic E-state index is 13.7. The summed E-state index contributed by atoms with van der Waals surface area (Å²) in [6.07, 6.45) is 6.53. The highest BCUT2D eigenvalue weighted by molar-refractivity contribution is 5.90. The van der Waals surface area contributed by atoms with Gasteiger partial charge in [0.2, 0.25) is 11.8 Å². The first kappa shape index (κ1) is 23.7. The molecule has 4 rings (SSSR count). The van der Waals surface area contributed by atoms with Crippen molar-refractivity contribution in [1.82, 2.24) is 25.2 Å². The van der Waals surface area contributed by atoms with Crippen molar-refractivity contribution in [2.45, 2.75) is 89.5 Å². The second-order valence-corrected chi connectivity index (χ2v) is 10.5. The third-order valence-corrected chi connectivity index (χ3v) is 6.50. The average Bonchev–Trinajstić information content (AvgIpc) is 3.38. The van der Waals surface area contributed by atoms with E-state index < -0.39 is 23.6 Å². The van der Waals surface area contributed by atoms with Gasteiger partial charge in [-0.2, -0.15) is 0 Å². The minimum absolute atomic E-state index is 0.0715. The van der Waals surface area contributed by atoms with E-state index in [-0.39, 0.29) is 37.4 Å². The van der Waals surface area contributed by atoms with E-state index in [1.54, 1.807) is 4.68 Å². The maximum atomic E-state index is 13.7. The molecule has 2 aliphatic heterocycles. The van der Waals surface area contributed by atoms with Crippen LogP contribution < -0.4 is 5.32 Å². The Bertz CT molecular complexity index is 917. The number of hydrogen-bond acceptors (Lipinski definition) is 6. The molecule has 0 bridgehead atoms. The summed E-state index contributed by atoms with van der Waals surface area (Å²) in [5.41, 5.74) is 0.458. The van der Waals surface area contributed by atoms with E-state index in [1.807, 2.05) is 27.0 Å². The summed E-state index contributed by atoms with van der Waals surface area (Å²) in [6.45, 7) is 6.94. The highest BCUT2D eigenvalue weighted by atomic mass is 16.5. The van der Waals surface area contributed by atoms with Crippen molar-refractivity contribution in [2.75, 3.05) is 19.7 Å². The van der Waals surface area contributed by atoms with E-state index in [0.29, 0.717) is 5.92 Å². The predicted octanol–water partition coefficient (Wildman–Crippen LogP) is 1.39. The molecule has 1 saturated carbocycles. The van der Waals surface area contributed by atoms with Gasteiger partial charge in [-0.05, 0) is 37.5 Å². The fourth-order valence-corrected chi connectivity index (χ4v) is 4.59. The molecule has 9 nitrogen and oxygen atoms in total. The lowest BCUT2D eigenvalue weighted by atomic mass is 9.85. The Morgan fingerprint density at radius 1 is 1.30 bits per heavy atom. The smallest absolute Gasteiger partial charge is 0.248 e. The predicted molar refractivity (Wildman–Crippen MR) is 121 cm³/mol. The van der Waals surface area contributed by atoms with Crippen LogP contribution in [-0.4, -0.2) is 74.8 Å². The van der Waals surface area contributed by atoms with E-state index in [1.165, 1.54) is 4.90 Å². The summed E-state index contributed by atoms with van der Waals surface area (Å²) in [6, 6.07) is -1.36. The Morgan fingerprint density at radius 2 is 2.09 bits per heavy atom. The van der Waals surface area contributed by atoms with Crippen LogP contribution >= 0.6 is 0 Å². The lowest BCUT2D eigenvalue weighted by Crippen LogP contribution is -2.50. The van der Waals surface area contributed by atoms with Crippen molar-refractivity contribution in [2.24, 2.45) is 5.41 Å². The first-order chi connectivity index (χ1) is 15.7. The Balaban J connectivity index is 1.43. The molecule has 33 heavy (non-hydrogen) atoms. The van der Waals surface area contributed by atoms with Crippen molar-refractivity contribution >= 4 is 11.8 Å². The summed E-state index contributed by atoms with van der Waals surface area (Å²) < 4.78 is 7.21. The number of aromatic nitrogens is 3. The fraction of sp³-hybridized carbons (Fsp3) is 0.750. The Hall–Kier alpha value is -2.44. The van der Waals surface area contributed by atoms with Crippen LogP contribution in [0.5, 0.6) is 0 Å². The number of hydrogen-bond donors (Lipinski definition) is 2. The van der Waals surface area contributed by atoms with Crippen LogP contribution in [0.25, 0.3) is 0 Å². The normalized spacial score (nSPS) is 26.4. The first-order valence-corrected chi connectivity index (χ1v) is 12.0. The molecule has 4 atom stereocenters. The highest BCUT2D eigenvalue weighted by Crippen LogP contribution is 2.40. The van der Waals surface area contributed by atoms with E-state index in [9.17, 15) is 14.7 Å². The summed E-state index contributed by atoms with van der Waals surface area (Å²) in [4.78, 5) is 28.1. The summed E-state index contributed by atoms with van der Waals surface area (Å²) in [5, 5.41) is 21.6. The van der Waals surface area contributed by atoms with Crippen LogP contribution in [0.4, 0.5) is 0 Å². The third kappa shape index (κ3) is 5.74. The number of aliphatic hydroxyl groups excluding tert-OH is 1. The zero-order valence-corrected chi connectivity index (χ0v) is 19.8. The van der Waals surface area contributed by atoms with Gasteiger partial charge in [0.15, 0.2) is 0 Å². The maximum Gasteiger partial charge on any atom is 0.248 e. The number of aliphatic hydroxyl groups is 1. The standard InChI is InChI=1S/C24H35N5O4/c1-24(2,3)21(29-15-19(26-27-29)16-9-10-16)23(32)28-14-17(30)13-20(28)22(31)25-11-6-8-18-7-4-5-12-33-18/h15-18,20-21,30H,4-5,7,9-14H2,1-3H3,(H,25,31)/t17?,18?,20?,21-/m1/s1. The van der Waals surface area contributed by atoms with E-state index in [2.05, 4.69) is 27.5 Å². The number of likely N-dealkylation sites (tertiary alicyclic amines) is 1. The molecule has 3 fully saturated rings. The van der Waals surface area contributed by atoms with Gasteiger partial charge < -0.3 is 20.1 Å². The number of carbonyl (C=O) groups is 2. The number of nitrogens with zero attached hydrogens (tertiary/aromatic N) is 4. The molecular weight excluding hydrogens is 422 g/mol. The number of amides is 2. The van der Waals surface area contributed by atoms with Crippen molar-refractivity contribution in [3.63, 3.8) is 0 Å². The first-order valence-electron chi connectivity index (χ1n) is 12.0. The average molecular weight is 458 g/mol. The van der Waals surface area contributed by atoms with Crippen molar-refractivity contribution < 1.29 is 19.4 Å². The minimum atomic E-state index is -0.746. The molecule has 3 unspecified atom stereocenters. The molecule has 0 aromatic carbocycles. The summed E-state index contributed by atoms with van der Waals surface area (Å²) in [5.74, 6) is 5.91. The molecule has 1 aliphatic carbocycles. The van der Waals surface area contributed by atoms with Crippen LogP contribution in [0, 0.1) is 17.3 Å². The van der Waals surface area contributed by atoms with Gasteiger partial charge in [0.25, 0.3) is 0 Å². The second-order valence-electron chi connectivity index (χ2n) is 10.5. The van der Waals surface area contributed by atoms with Gasteiger partial charge in [-0.3, -0.25) is 9.59 Å². The molecule has 1 aromatic heterocycles. The molecule has 3 heterocycles. The van der Waals surface area contributed by atoms with E-state index >= 15 is 0 Å². The molecule has 3 aliphatic rings. The monoisotopic (exact) mass is 457 g/mol. The SMILES string of the molecule is CC(C)(C)[C@@H](C(=O)N1CC(O)CC1C(=O)NCC#CC1CCCCO1)n1cc(C2CC2)nn1. The number of rotatable bonds is 5. The van der Waals surface area contributed by atoms with Crippen LogP contribution in [0.3, 0.4) is 0 Å². The van der Waals surface area contributed by atoms with Gasteiger partial charge >= 0.3 is 0 Å². The Kier molecular flexibility index (Phi) is 7.05. The summed E-state index contributed by atoms with van der Waals surface area (Å²) in [7, 11) is 0. The number of carbonyl (C=O) groups excluding carboxylic acids is 2. The highest BCUT2D eigenvalue weighted by Gasteiger charge is 2.45. The van der Waals surface area contributed by atoms with E-state index in [0.717, 1.165) is 44.4 Å². The third-order valence-electron chi connectivity index (χ3n) is 6.50. The number of nitrogens with one attached hydrogen (secondary N) is 1. The molecular formula is C24H35N5O4. The number of ether oxygens (including phenoxy) is 1. The van der Waals surface area contributed by atoms with Crippen LogP contribution in [0.15, 0.2) is 6.20 Å². The van der Waals surface area contributed by atoms with Crippen molar-refractivity contribution in [3.05, 3.63) is 11.9 Å². The molecule has 0 radical (unpaired) electrons. The minimum Gasteiger partial charge on any atom is -0.391 e. The molecule has 2 amide bonds. The van der Waals surface area contributed by atoms with Gasteiger partial charge in [0.05, 0.1) is 18.3 Å². The summed E-state index contributed by atoms with van der Waals surface area (Å²) >= 11 is 0. The van der Waals surface area contributed by atoms with Gasteiger partial charge in [-0.25, -0.2) is 4.68 Å². The molecule has 2 saturated heterocycles. The molecule has 1 aromatic rings. The van der Waals surface area contributed by atoms with Crippen LogP contribution in [-0.2, 0) is 14.3 Å². The zero-order chi connectivity index (χ0) is 23.6. The van der Waals surface area contributed by atoms with Crippen LogP contribution in [0.1, 0.15) is 76.9 Å². The zero-order valence-electron chi connectivity index (χ0n) is 19.8. The van der Waals surface area contributed by atoms with Crippen molar-refractivity contribution in [1.29, 1.82) is 0 Å². The largest absolute Gasteiger partial charge is 0.391 e. The topological polar surface area (TPSA) is 110 Å². The van der Waals surface area contributed by atoms with Crippen LogP contribution in [0.2, 0.25) is 0 Å². The molecule has 9 heteroatoms. The van der Waals surface area contributed by atoms with Gasteiger partial charge in [0.1, 0.15) is 18.2 Å². The molecule has 0 spiro atoms. The van der Waals surface area contributed by atoms with Gasteiger partial charge in [-0.1, -0.05) is 37.8 Å². The van der Waals surface area contributed by atoms with Crippen molar-refractivity contribution in [3.8, 4) is 11.8 Å². The quantitative estimate of drug-likeness (QED) is 0.647. The second kappa shape index (κ2) is 9.82.